The van der Waals surface area contributed by atoms with E-state index in [-0.39, 0.29) is 24.0 Å². The first kappa shape index (κ1) is 26.5. The quantitative estimate of drug-likeness (QED) is 0.548. The fourth-order valence-electron chi connectivity index (χ4n) is 3.55. The second-order valence-corrected chi connectivity index (χ2v) is 7.48. The molecule has 4 N–H and O–H groups in total. The number of amides is 1. The molecule has 30 heavy (non-hydrogen) atoms. The summed E-state index contributed by atoms with van der Waals surface area (Å²) >= 11 is 0. The minimum Gasteiger partial charge on any atom is -0.382 e. The fourth-order valence-corrected chi connectivity index (χ4v) is 3.55. The van der Waals surface area contributed by atoms with Gasteiger partial charge in [-0.3, -0.25) is 4.79 Å². The number of rotatable bonds is 6. The van der Waals surface area contributed by atoms with E-state index in [1.54, 1.807) is 0 Å². The minimum atomic E-state index is -4.97. The average Bonchev–Trinajstić information content (AvgIpc) is 2.64. The van der Waals surface area contributed by atoms with E-state index in [2.05, 4.69) is 5.32 Å². The molecule has 1 aliphatic rings. The lowest BCUT2D eigenvalue weighted by atomic mass is 9.84. The zero-order valence-corrected chi connectivity index (χ0v) is 16.8. The number of halogens is 7. The van der Waals surface area contributed by atoms with E-state index in [1.807, 2.05) is 0 Å². The molecule has 1 saturated carbocycles. The van der Waals surface area contributed by atoms with Crippen LogP contribution in [0.4, 0.5) is 26.3 Å². The van der Waals surface area contributed by atoms with Gasteiger partial charge < -0.3 is 16.2 Å². The number of carbonyl (C=O) groups excluding carboxylic acids is 1. The van der Waals surface area contributed by atoms with Crippen molar-refractivity contribution in [2.75, 3.05) is 0 Å². The standard InChI is InChI=1S/C19H24F6N2O2.ClH/c20-18(21,22)13-6-12(7-14(9-13)19(23,24)25)10-27-17(29)16(28)15(26)8-11-4-2-1-3-5-11;/h6-7,9,11,15-16,28H,1-5,8,10,26H2,(H,27,29);1H/t15-,16?;/m1./s1. The molecule has 0 spiro atoms. The average molecular weight is 463 g/mol. The van der Waals surface area contributed by atoms with Crippen molar-refractivity contribution in [3.05, 3.63) is 34.9 Å². The van der Waals surface area contributed by atoms with Gasteiger partial charge in [-0.2, -0.15) is 26.3 Å². The van der Waals surface area contributed by atoms with E-state index in [0.717, 1.165) is 32.1 Å². The number of nitrogens with one attached hydrogen (secondary N) is 1. The van der Waals surface area contributed by atoms with Crippen molar-refractivity contribution in [1.29, 1.82) is 0 Å². The van der Waals surface area contributed by atoms with Crippen LogP contribution < -0.4 is 11.1 Å². The summed E-state index contributed by atoms with van der Waals surface area (Å²) in [5.74, 6) is -0.640. The third-order valence-electron chi connectivity index (χ3n) is 5.12. The number of hydrogen-bond donors (Lipinski definition) is 3. The molecular weight excluding hydrogens is 438 g/mol. The Morgan fingerprint density at radius 2 is 1.53 bits per heavy atom. The fraction of sp³-hybridized carbons (Fsp3) is 0.632. The van der Waals surface area contributed by atoms with Gasteiger partial charge in [0, 0.05) is 12.6 Å². The summed E-state index contributed by atoms with van der Waals surface area (Å²) in [6.45, 7) is -0.598. The number of nitrogens with two attached hydrogens (primary N) is 1. The number of alkyl halides is 6. The van der Waals surface area contributed by atoms with Gasteiger partial charge in [0.2, 0.25) is 0 Å². The van der Waals surface area contributed by atoms with Crippen LogP contribution in [0.3, 0.4) is 0 Å². The number of benzene rings is 1. The molecule has 1 aliphatic carbocycles. The minimum absolute atomic E-state index is 0. The van der Waals surface area contributed by atoms with Crippen LogP contribution >= 0.6 is 12.4 Å². The number of hydrogen-bond acceptors (Lipinski definition) is 3. The number of carbonyl (C=O) groups is 1. The van der Waals surface area contributed by atoms with Gasteiger partial charge in [0.05, 0.1) is 11.1 Å². The molecule has 1 aromatic carbocycles. The summed E-state index contributed by atoms with van der Waals surface area (Å²) in [5, 5.41) is 12.2. The van der Waals surface area contributed by atoms with Gasteiger partial charge in [-0.15, -0.1) is 12.4 Å². The molecule has 1 fully saturated rings. The normalized spacial score (nSPS) is 17.7. The van der Waals surface area contributed by atoms with Crippen LogP contribution in [0.1, 0.15) is 55.2 Å². The molecule has 0 radical (unpaired) electrons. The molecule has 1 aromatic rings. The van der Waals surface area contributed by atoms with Crippen LogP contribution in [0, 0.1) is 5.92 Å². The summed E-state index contributed by atoms with van der Waals surface area (Å²) in [6.07, 6.45) is -5.97. The monoisotopic (exact) mass is 462 g/mol. The lowest BCUT2D eigenvalue weighted by molar-refractivity contribution is -0.143. The van der Waals surface area contributed by atoms with E-state index in [4.69, 9.17) is 5.73 Å². The number of aliphatic hydroxyl groups excluding tert-OH is 1. The predicted molar refractivity (Wildman–Crippen MR) is 101 cm³/mol. The predicted octanol–water partition coefficient (Wildman–Crippen LogP) is 4.42. The second-order valence-electron chi connectivity index (χ2n) is 7.48. The molecule has 0 bridgehead atoms. The SMILES string of the molecule is Cl.N[C@H](CC1CCCCC1)C(O)C(=O)NCc1cc(C(F)(F)F)cc(C(F)(F)F)c1. The summed E-state index contributed by atoms with van der Waals surface area (Å²) in [5.41, 5.74) is 2.56. The highest BCUT2D eigenvalue weighted by molar-refractivity contribution is 5.85. The molecule has 1 unspecified atom stereocenters. The molecule has 0 aliphatic heterocycles. The Morgan fingerprint density at radius 3 is 2.00 bits per heavy atom. The third-order valence-corrected chi connectivity index (χ3v) is 5.12. The zero-order chi connectivity index (χ0) is 21.8. The smallest absolute Gasteiger partial charge is 0.382 e. The maximum Gasteiger partial charge on any atom is 0.416 e. The summed E-state index contributed by atoms with van der Waals surface area (Å²) in [4.78, 5) is 12.1. The maximum atomic E-state index is 12.9. The Labute approximate surface area is 176 Å². The summed E-state index contributed by atoms with van der Waals surface area (Å²) < 4.78 is 77.3. The first-order valence-electron chi connectivity index (χ1n) is 9.37. The largest absolute Gasteiger partial charge is 0.416 e. The van der Waals surface area contributed by atoms with E-state index < -0.39 is 48.1 Å². The van der Waals surface area contributed by atoms with Gasteiger partial charge in [-0.25, -0.2) is 0 Å². The highest BCUT2D eigenvalue weighted by atomic mass is 35.5. The Kier molecular flexibility index (Phi) is 9.44. The van der Waals surface area contributed by atoms with Crippen molar-refractivity contribution in [3.63, 3.8) is 0 Å². The van der Waals surface area contributed by atoms with Crippen LogP contribution in [0.2, 0.25) is 0 Å². The van der Waals surface area contributed by atoms with Gasteiger partial charge in [0.1, 0.15) is 6.10 Å². The van der Waals surface area contributed by atoms with Crippen molar-refractivity contribution in [1.82, 2.24) is 5.32 Å². The van der Waals surface area contributed by atoms with Crippen molar-refractivity contribution >= 4 is 18.3 Å². The maximum absolute atomic E-state index is 12.9. The van der Waals surface area contributed by atoms with E-state index in [1.165, 1.54) is 0 Å². The van der Waals surface area contributed by atoms with Crippen LogP contribution in [0.25, 0.3) is 0 Å². The first-order valence-corrected chi connectivity index (χ1v) is 9.37. The van der Waals surface area contributed by atoms with E-state index in [0.29, 0.717) is 24.5 Å². The van der Waals surface area contributed by atoms with E-state index >= 15 is 0 Å². The topological polar surface area (TPSA) is 75.3 Å². The number of aliphatic hydroxyl groups is 1. The lowest BCUT2D eigenvalue weighted by Gasteiger charge is -2.26. The Bertz CT molecular complexity index is 673. The Morgan fingerprint density at radius 1 is 1.03 bits per heavy atom. The van der Waals surface area contributed by atoms with E-state index in [9.17, 15) is 36.2 Å². The Balaban J connectivity index is 0.00000450. The highest BCUT2D eigenvalue weighted by Gasteiger charge is 2.37. The summed E-state index contributed by atoms with van der Waals surface area (Å²) in [6, 6.07) is 0.221. The van der Waals surface area contributed by atoms with Gasteiger partial charge in [-0.1, -0.05) is 32.1 Å². The molecule has 0 aromatic heterocycles. The van der Waals surface area contributed by atoms with Crippen LogP contribution in [-0.4, -0.2) is 23.2 Å². The highest BCUT2D eigenvalue weighted by Crippen LogP contribution is 2.36. The molecule has 0 saturated heterocycles. The van der Waals surface area contributed by atoms with Crippen molar-refractivity contribution in [2.24, 2.45) is 11.7 Å². The van der Waals surface area contributed by atoms with Crippen LogP contribution in [-0.2, 0) is 23.7 Å². The van der Waals surface area contributed by atoms with Crippen LogP contribution in [0.15, 0.2) is 18.2 Å². The van der Waals surface area contributed by atoms with Crippen molar-refractivity contribution in [3.8, 4) is 0 Å². The molecule has 2 rings (SSSR count). The second kappa shape index (κ2) is 10.7. The third kappa shape index (κ3) is 7.63. The Hall–Kier alpha value is -1.52. The summed E-state index contributed by atoms with van der Waals surface area (Å²) in [7, 11) is 0. The molecule has 0 heterocycles. The molecule has 2 atom stereocenters. The molecular formula is C19H25ClF6N2O2. The van der Waals surface area contributed by atoms with Crippen molar-refractivity contribution in [2.45, 2.75) is 69.6 Å². The van der Waals surface area contributed by atoms with Gasteiger partial charge >= 0.3 is 12.4 Å². The zero-order valence-electron chi connectivity index (χ0n) is 16.0. The first-order chi connectivity index (χ1) is 13.4. The van der Waals surface area contributed by atoms with Gasteiger partial charge in [0.25, 0.3) is 5.91 Å². The van der Waals surface area contributed by atoms with Gasteiger partial charge in [0.15, 0.2) is 0 Å². The van der Waals surface area contributed by atoms with Gasteiger partial charge in [-0.05, 0) is 36.1 Å². The van der Waals surface area contributed by atoms with Crippen LogP contribution in [0.5, 0.6) is 0 Å². The molecule has 11 heteroatoms. The molecule has 4 nitrogen and oxygen atoms in total. The molecule has 172 valence electrons. The van der Waals surface area contributed by atoms with Crippen molar-refractivity contribution < 1.29 is 36.2 Å². The lowest BCUT2D eigenvalue weighted by Crippen LogP contribution is -2.47. The molecule has 1 amide bonds.